The Hall–Kier alpha value is -0.410. The third-order valence-corrected chi connectivity index (χ3v) is 3.91. The van der Waals surface area contributed by atoms with Gasteiger partial charge in [0.25, 0.3) is 0 Å². The minimum absolute atomic E-state index is 0.145. The standard InChI is InChI=1S/C12H15BrFN/c1-8-10(4-9-2-3-15-7-9)5-11(14)6-12(8)13/h5-6,9,15H,2-4,7H2,1H3. The van der Waals surface area contributed by atoms with Crippen LogP contribution in [0.25, 0.3) is 0 Å². The molecule has 1 aromatic rings. The molecule has 1 unspecified atom stereocenters. The molecule has 82 valence electrons. The van der Waals surface area contributed by atoms with Crippen LogP contribution in [0.4, 0.5) is 4.39 Å². The van der Waals surface area contributed by atoms with E-state index >= 15 is 0 Å². The fourth-order valence-electron chi connectivity index (χ4n) is 2.11. The number of hydrogen-bond acceptors (Lipinski definition) is 1. The number of nitrogens with one attached hydrogen (secondary N) is 1. The van der Waals surface area contributed by atoms with E-state index in [1.54, 1.807) is 6.07 Å². The average Bonchev–Trinajstić information content (AvgIpc) is 2.66. The Morgan fingerprint density at radius 3 is 3.00 bits per heavy atom. The Kier molecular flexibility index (Phi) is 3.42. The maximum Gasteiger partial charge on any atom is 0.124 e. The lowest BCUT2D eigenvalue weighted by Crippen LogP contribution is -2.11. The molecule has 1 fully saturated rings. The van der Waals surface area contributed by atoms with Crippen LogP contribution in [0.1, 0.15) is 17.5 Å². The highest BCUT2D eigenvalue weighted by Gasteiger charge is 2.16. The zero-order valence-electron chi connectivity index (χ0n) is 8.82. The van der Waals surface area contributed by atoms with Crippen LogP contribution in [-0.2, 0) is 6.42 Å². The predicted molar refractivity (Wildman–Crippen MR) is 63.5 cm³/mol. The summed E-state index contributed by atoms with van der Waals surface area (Å²) in [6.45, 7) is 4.20. The van der Waals surface area contributed by atoms with Gasteiger partial charge in [0.1, 0.15) is 5.82 Å². The van der Waals surface area contributed by atoms with Crippen LogP contribution in [0.3, 0.4) is 0 Å². The molecule has 1 aliphatic heterocycles. The lowest BCUT2D eigenvalue weighted by atomic mass is 9.95. The van der Waals surface area contributed by atoms with E-state index in [1.165, 1.54) is 18.1 Å². The summed E-state index contributed by atoms with van der Waals surface area (Å²) in [4.78, 5) is 0. The molecule has 0 radical (unpaired) electrons. The van der Waals surface area contributed by atoms with Gasteiger partial charge >= 0.3 is 0 Å². The van der Waals surface area contributed by atoms with Crippen molar-refractivity contribution in [3.63, 3.8) is 0 Å². The van der Waals surface area contributed by atoms with Gasteiger partial charge in [-0.15, -0.1) is 0 Å². The second-order valence-electron chi connectivity index (χ2n) is 4.23. The highest BCUT2D eigenvalue weighted by molar-refractivity contribution is 9.10. The third kappa shape index (κ3) is 2.58. The van der Waals surface area contributed by atoms with E-state index in [0.717, 1.165) is 29.5 Å². The second-order valence-corrected chi connectivity index (χ2v) is 5.09. The van der Waals surface area contributed by atoms with E-state index in [9.17, 15) is 4.39 Å². The zero-order chi connectivity index (χ0) is 10.8. The van der Waals surface area contributed by atoms with Gasteiger partial charge in [-0.1, -0.05) is 15.9 Å². The molecule has 0 aliphatic carbocycles. The number of hydrogen-bond donors (Lipinski definition) is 1. The molecule has 0 bridgehead atoms. The van der Waals surface area contributed by atoms with Crippen LogP contribution in [0, 0.1) is 18.7 Å². The summed E-state index contributed by atoms with van der Waals surface area (Å²) in [5, 5.41) is 3.34. The second kappa shape index (κ2) is 4.62. The van der Waals surface area contributed by atoms with Crippen molar-refractivity contribution < 1.29 is 4.39 Å². The van der Waals surface area contributed by atoms with Crippen molar-refractivity contribution in [2.24, 2.45) is 5.92 Å². The van der Waals surface area contributed by atoms with Crippen molar-refractivity contribution in [2.45, 2.75) is 19.8 Å². The van der Waals surface area contributed by atoms with Gasteiger partial charge in [0.05, 0.1) is 0 Å². The van der Waals surface area contributed by atoms with E-state index in [-0.39, 0.29) is 5.82 Å². The Bertz CT molecular complexity index is 359. The van der Waals surface area contributed by atoms with Gasteiger partial charge in [-0.25, -0.2) is 4.39 Å². The molecule has 0 amide bonds. The molecular formula is C12H15BrFN. The van der Waals surface area contributed by atoms with Gasteiger partial charge in [-0.05, 0) is 62.0 Å². The number of halogens is 2. The molecule has 15 heavy (non-hydrogen) atoms. The summed E-state index contributed by atoms with van der Waals surface area (Å²) in [5.41, 5.74) is 2.30. The molecule has 0 spiro atoms. The Balaban J connectivity index is 2.19. The van der Waals surface area contributed by atoms with Gasteiger partial charge in [-0.3, -0.25) is 0 Å². The summed E-state index contributed by atoms with van der Waals surface area (Å²) in [6.07, 6.45) is 2.18. The van der Waals surface area contributed by atoms with Crippen LogP contribution >= 0.6 is 15.9 Å². The molecule has 1 atom stereocenters. The van der Waals surface area contributed by atoms with Gasteiger partial charge in [0.15, 0.2) is 0 Å². The maximum absolute atomic E-state index is 13.2. The highest BCUT2D eigenvalue weighted by Crippen LogP contribution is 2.25. The van der Waals surface area contributed by atoms with Gasteiger partial charge < -0.3 is 5.32 Å². The normalized spacial score (nSPS) is 20.9. The van der Waals surface area contributed by atoms with Crippen molar-refractivity contribution in [1.82, 2.24) is 5.32 Å². The molecule has 1 saturated heterocycles. The zero-order valence-corrected chi connectivity index (χ0v) is 10.4. The minimum Gasteiger partial charge on any atom is -0.316 e. The SMILES string of the molecule is Cc1c(Br)cc(F)cc1CC1CCNC1. The van der Waals surface area contributed by atoms with Crippen molar-refractivity contribution in [2.75, 3.05) is 13.1 Å². The summed E-state index contributed by atoms with van der Waals surface area (Å²) < 4.78 is 14.1. The molecule has 0 aromatic heterocycles. The van der Waals surface area contributed by atoms with Crippen molar-refractivity contribution in [1.29, 1.82) is 0 Å². The van der Waals surface area contributed by atoms with Crippen molar-refractivity contribution >= 4 is 15.9 Å². The number of rotatable bonds is 2. The Morgan fingerprint density at radius 1 is 1.53 bits per heavy atom. The van der Waals surface area contributed by atoms with Gasteiger partial charge in [0.2, 0.25) is 0 Å². The van der Waals surface area contributed by atoms with Crippen molar-refractivity contribution in [3.05, 3.63) is 33.5 Å². The molecule has 1 heterocycles. The van der Waals surface area contributed by atoms with Crippen LogP contribution in [-0.4, -0.2) is 13.1 Å². The third-order valence-electron chi connectivity index (χ3n) is 3.09. The molecular weight excluding hydrogens is 257 g/mol. The summed E-state index contributed by atoms with van der Waals surface area (Å²) in [5.74, 6) is 0.519. The fourth-order valence-corrected chi connectivity index (χ4v) is 2.58. The first-order valence-electron chi connectivity index (χ1n) is 5.32. The molecule has 2 rings (SSSR count). The van der Waals surface area contributed by atoms with E-state index in [0.29, 0.717) is 5.92 Å². The molecule has 3 heteroatoms. The van der Waals surface area contributed by atoms with E-state index in [4.69, 9.17) is 0 Å². The largest absolute Gasteiger partial charge is 0.316 e. The molecule has 1 aromatic carbocycles. The monoisotopic (exact) mass is 271 g/mol. The predicted octanol–water partition coefficient (Wildman–Crippen LogP) is 3.05. The van der Waals surface area contributed by atoms with Gasteiger partial charge in [0, 0.05) is 4.47 Å². The number of benzene rings is 1. The topological polar surface area (TPSA) is 12.0 Å². The fraction of sp³-hybridized carbons (Fsp3) is 0.500. The first-order valence-corrected chi connectivity index (χ1v) is 6.11. The van der Waals surface area contributed by atoms with Crippen molar-refractivity contribution in [3.8, 4) is 0 Å². The highest BCUT2D eigenvalue weighted by atomic mass is 79.9. The van der Waals surface area contributed by atoms with Crippen LogP contribution in [0.5, 0.6) is 0 Å². The summed E-state index contributed by atoms with van der Waals surface area (Å²) in [6, 6.07) is 3.20. The lowest BCUT2D eigenvalue weighted by Gasteiger charge is -2.12. The Morgan fingerprint density at radius 2 is 2.33 bits per heavy atom. The smallest absolute Gasteiger partial charge is 0.124 e. The van der Waals surface area contributed by atoms with Gasteiger partial charge in [-0.2, -0.15) is 0 Å². The van der Waals surface area contributed by atoms with Crippen LogP contribution in [0.2, 0.25) is 0 Å². The summed E-state index contributed by atoms with van der Waals surface area (Å²) in [7, 11) is 0. The molecule has 1 nitrogen and oxygen atoms in total. The van der Waals surface area contributed by atoms with E-state index in [2.05, 4.69) is 21.2 Å². The van der Waals surface area contributed by atoms with E-state index in [1.807, 2.05) is 6.92 Å². The maximum atomic E-state index is 13.2. The van der Waals surface area contributed by atoms with E-state index < -0.39 is 0 Å². The summed E-state index contributed by atoms with van der Waals surface area (Å²) >= 11 is 3.39. The average molecular weight is 272 g/mol. The quantitative estimate of drug-likeness (QED) is 0.872. The Labute approximate surface area is 98.2 Å². The molecule has 1 aliphatic rings. The lowest BCUT2D eigenvalue weighted by molar-refractivity contribution is 0.571. The molecule has 1 N–H and O–H groups in total. The van der Waals surface area contributed by atoms with Crippen LogP contribution < -0.4 is 5.32 Å². The minimum atomic E-state index is -0.145. The molecule has 0 saturated carbocycles. The van der Waals surface area contributed by atoms with Crippen LogP contribution in [0.15, 0.2) is 16.6 Å². The first-order chi connectivity index (χ1) is 7.16. The first kappa shape index (κ1) is 11.1.